The van der Waals surface area contributed by atoms with Crippen molar-refractivity contribution in [3.63, 3.8) is 0 Å². The second-order valence-corrected chi connectivity index (χ2v) is 14.3. The first-order valence-electron chi connectivity index (χ1n) is 17.1. The number of aliphatic hydroxyl groups is 7. The van der Waals surface area contributed by atoms with Gasteiger partial charge in [-0.3, -0.25) is 14.4 Å². The average molecular weight is 804 g/mol. The van der Waals surface area contributed by atoms with Gasteiger partial charge >= 0.3 is 0 Å². The van der Waals surface area contributed by atoms with Crippen LogP contribution < -0.4 is 16.0 Å². The van der Waals surface area contributed by atoms with E-state index < -0.39 is 129 Å². The van der Waals surface area contributed by atoms with Crippen LogP contribution in [0.5, 0.6) is 0 Å². The Morgan fingerprint density at radius 3 is 1.68 bits per heavy atom. The van der Waals surface area contributed by atoms with Crippen LogP contribution in [-0.4, -0.2) is 190 Å². The Morgan fingerprint density at radius 2 is 1.13 bits per heavy atom. The number of nitrogens with one attached hydrogen (secondary N) is 3. The molecule has 3 saturated heterocycles. The minimum atomic E-state index is -1.59. The van der Waals surface area contributed by atoms with Crippen LogP contribution in [0.25, 0.3) is 0 Å². The van der Waals surface area contributed by atoms with Crippen LogP contribution >= 0.6 is 24.3 Å². The second-order valence-electron chi connectivity index (χ2n) is 12.9. The van der Waals surface area contributed by atoms with Crippen LogP contribution in [0.1, 0.15) is 27.7 Å². The maximum Gasteiger partial charge on any atom is 0.247 e. The summed E-state index contributed by atoms with van der Waals surface area (Å²) >= 11 is 5.95. The fourth-order valence-corrected chi connectivity index (χ4v) is 7.44. The summed E-state index contributed by atoms with van der Waals surface area (Å²) < 4.78 is 40.8. The first-order valence-corrected chi connectivity index (χ1v) is 18.3. The van der Waals surface area contributed by atoms with E-state index in [1.54, 1.807) is 6.92 Å². The van der Waals surface area contributed by atoms with Crippen molar-refractivity contribution in [2.24, 2.45) is 11.8 Å². The topological polar surface area (TPSA) is 294 Å². The molecule has 0 aromatic carbocycles. The lowest BCUT2D eigenvalue weighted by Crippen LogP contribution is -2.65. The van der Waals surface area contributed by atoms with Gasteiger partial charge < -0.3 is 84.3 Å². The van der Waals surface area contributed by atoms with E-state index >= 15 is 0 Å². The summed E-state index contributed by atoms with van der Waals surface area (Å²) in [6, 6.07) is -3.28. The number of ether oxygens (including phenoxy) is 6. The molecule has 0 radical (unpaired) electrons. The third-order valence-corrected chi connectivity index (χ3v) is 9.98. The summed E-state index contributed by atoms with van der Waals surface area (Å²) in [7, 11) is 0. The molecule has 0 aliphatic carbocycles. The third kappa shape index (κ3) is 12.6. The SMILES string of the molecule is CCOC(=S)SO[C@@H]1C(NC(C)=O)[C@H](COC[C@@H]2C(CO)O[C@@H](O)C(NC(C)=O)[C@H]2O)OC(CO)[C@@H]1COC[C@@H]1OC(CO)[C@@H](O)[C@H](O)C1NC(C)=O. The number of carbonyl (C=O) groups excluding carboxylic acids is 3. The summed E-state index contributed by atoms with van der Waals surface area (Å²) in [5.74, 6) is -3.25. The second kappa shape index (κ2) is 22.0. The van der Waals surface area contributed by atoms with Crippen LogP contribution in [0, 0.1) is 11.8 Å². The molecule has 3 fully saturated rings. The standard InChI is InChI=1S/C31H53N3O17S2/c1-5-47-31(52)53-51-29-17(10-46-11-21-23(32-13(2)38)28(43)27(42)20(8-37)49-21)19(7-36)48-22(24(29)33-14(3)39)12-45-9-16-18(6-35)50-30(44)25(26(16)41)34-15(4)40/h16-30,35-37,41-44H,5-12H2,1-4H3,(H,32,38)(H,33,39)(H,34,40)/t16-,17+,18?,19?,20?,21+,22+,23?,24?,25?,26+,27-,28-,29+,30-/m1/s1. The van der Waals surface area contributed by atoms with Gasteiger partial charge in [0.2, 0.25) is 22.1 Å². The minimum absolute atomic E-state index is 0.0298. The number of hydrogen-bond donors (Lipinski definition) is 10. The van der Waals surface area contributed by atoms with Crippen LogP contribution in [0.4, 0.5) is 0 Å². The molecule has 3 aliphatic rings. The van der Waals surface area contributed by atoms with Crippen molar-refractivity contribution in [2.75, 3.05) is 52.9 Å². The maximum absolute atomic E-state index is 12.5. The van der Waals surface area contributed by atoms with E-state index in [4.69, 9.17) is 44.8 Å². The van der Waals surface area contributed by atoms with E-state index in [0.717, 1.165) is 0 Å². The summed E-state index contributed by atoms with van der Waals surface area (Å²) in [6.45, 7) is 2.94. The largest absolute Gasteiger partial charge is 0.477 e. The first kappa shape index (κ1) is 45.5. The fourth-order valence-electron chi connectivity index (χ4n) is 6.59. The van der Waals surface area contributed by atoms with E-state index in [2.05, 4.69) is 16.0 Å². The number of carbonyl (C=O) groups is 3. The quantitative estimate of drug-likeness (QED) is 0.0489. The molecule has 3 heterocycles. The van der Waals surface area contributed by atoms with Gasteiger partial charge in [-0.05, 0) is 19.1 Å². The summed E-state index contributed by atoms with van der Waals surface area (Å²) in [5, 5.41) is 80.1. The molecule has 6 unspecified atom stereocenters. The number of rotatable bonds is 17. The van der Waals surface area contributed by atoms with Gasteiger partial charge in [-0.25, -0.2) is 0 Å². The van der Waals surface area contributed by atoms with Crippen molar-refractivity contribution in [3.8, 4) is 0 Å². The van der Waals surface area contributed by atoms with Crippen molar-refractivity contribution in [1.29, 1.82) is 0 Å². The van der Waals surface area contributed by atoms with Crippen LogP contribution in [0.15, 0.2) is 0 Å². The molecule has 3 aliphatic heterocycles. The molecule has 15 atom stereocenters. The molecule has 0 bridgehead atoms. The Bertz CT molecular complexity index is 1190. The fraction of sp³-hybridized carbons (Fsp3) is 0.871. The highest BCUT2D eigenvalue weighted by atomic mass is 32.2. The predicted molar refractivity (Wildman–Crippen MR) is 186 cm³/mol. The average Bonchev–Trinajstić information content (AvgIpc) is 3.10. The van der Waals surface area contributed by atoms with Gasteiger partial charge in [0.25, 0.3) is 0 Å². The van der Waals surface area contributed by atoms with Gasteiger partial charge in [-0.15, -0.1) is 0 Å². The Hall–Kier alpha value is -1.87. The molecular formula is C31H53N3O17S2. The van der Waals surface area contributed by atoms with Gasteiger partial charge in [0.05, 0.1) is 95.3 Å². The Labute approximate surface area is 316 Å². The van der Waals surface area contributed by atoms with Crippen molar-refractivity contribution in [3.05, 3.63) is 0 Å². The van der Waals surface area contributed by atoms with E-state index in [1.807, 2.05) is 0 Å². The smallest absolute Gasteiger partial charge is 0.247 e. The maximum atomic E-state index is 12.5. The van der Waals surface area contributed by atoms with Crippen LogP contribution in [-0.2, 0) is 47.0 Å². The van der Waals surface area contributed by atoms with Crippen molar-refractivity contribution < 1.29 is 82.7 Å². The Balaban J connectivity index is 1.82. The van der Waals surface area contributed by atoms with Crippen molar-refractivity contribution in [2.45, 2.75) is 107 Å². The molecule has 10 N–H and O–H groups in total. The highest BCUT2D eigenvalue weighted by Gasteiger charge is 2.50. The number of amides is 3. The van der Waals surface area contributed by atoms with E-state index in [0.29, 0.717) is 12.0 Å². The van der Waals surface area contributed by atoms with Gasteiger partial charge in [-0.2, -0.15) is 0 Å². The highest BCUT2D eigenvalue weighted by molar-refractivity contribution is 8.19. The van der Waals surface area contributed by atoms with Crippen molar-refractivity contribution >= 4 is 46.4 Å². The van der Waals surface area contributed by atoms with E-state index in [-0.39, 0.29) is 37.4 Å². The lowest BCUT2D eigenvalue weighted by Gasteiger charge is -2.46. The van der Waals surface area contributed by atoms with E-state index in [1.165, 1.54) is 20.8 Å². The molecule has 0 aromatic heterocycles. The zero-order valence-electron chi connectivity index (χ0n) is 29.8. The van der Waals surface area contributed by atoms with Gasteiger partial charge in [0.1, 0.15) is 42.7 Å². The molecule has 0 saturated carbocycles. The van der Waals surface area contributed by atoms with Gasteiger partial charge in [-0.1, -0.05) is 0 Å². The lowest BCUT2D eigenvalue weighted by atomic mass is 9.85. The number of thiocarbonyl (C=S) groups is 1. The molecule has 306 valence electrons. The normalized spacial score (nSPS) is 37.4. The lowest BCUT2D eigenvalue weighted by molar-refractivity contribution is -0.248. The zero-order valence-corrected chi connectivity index (χ0v) is 31.5. The van der Waals surface area contributed by atoms with Gasteiger partial charge in [0, 0.05) is 32.6 Å². The summed E-state index contributed by atoms with van der Waals surface area (Å²) in [4.78, 5) is 36.1. The zero-order chi connectivity index (χ0) is 39.4. The molecule has 20 nitrogen and oxygen atoms in total. The molecular weight excluding hydrogens is 750 g/mol. The van der Waals surface area contributed by atoms with E-state index in [9.17, 15) is 50.1 Å². The Kier molecular flexibility index (Phi) is 18.9. The number of aliphatic hydroxyl groups excluding tert-OH is 7. The summed E-state index contributed by atoms with van der Waals surface area (Å²) in [6.07, 6.45) is -12.2. The third-order valence-electron chi connectivity index (χ3n) is 9.08. The Morgan fingerprint density at radius 1 is 0.642 bits per heavy atom. The molecule has 0 aromatic rings. The molecule has 0 spiro atoms. The highest BCUT2D eigenvalue weighted by Crippen LogP contribution is 2.34. The van der Waals surface area contributed by atoms with Crippen molar-refractivity contribution in [1.82, 2.24) is 16.0 Å². The van der Waals surface area contributed by atoms with Crippen LogP contribution in [0.2, 0.25) is 0 Å². The molecule has 3 amide bonds. The summed E-state index contributed by atoms with van der Waals surface area (Å²) in [5.41, 5.74) is 0. The molecule has 22 heteroatoms. The molecule has 3 rings (SSSR count). The minimum Gasteiger partial charge on any atom is -0.477 e. The van der Waals surface area contributed by atoms with Gasteiger partial charge in [0.15, 0.2) is 6.29 Å². The number of hydrogen-bond acceptors (Lipinski definition) is 19. The molecule has 53 heavy (non-hydrogen) atoms. The van der Waals surface area contributed by atoms with Crippen LogP contribution in [0.3, 0.4) is 0 Å². The monoisotopic (exact) mass is 803 g/mol. The predicted octanol–water partition coefficient (Wildman–Crippen LogP) is -4.57. The first-order chi connectivity index (χ1) is 25.2.